The molecule has 0 aliphatic carbocycles. The monoisotopic (exact) mass is 389 g/mol. The summed E-state index contributed by atoms with van der Waals surface area (Å²) in [4.78, 5) is 15.5. The van der Waals surface area contributed by atoms with Gasteiger partial charge in [0.1, 0.15) is 5.69 Å². The van der Waals surface area contributed by atoms with Gasteiger partial charge in [-0.2, -0.15) is 9.49 Å². The molecule has 0 spiro atoms. The number of benzene rings is 2. The summed E-state index contributed by atoms with van der Waals surface area (Å²) in [5.74, 6) is -1.05. The van der Waals surface area contributed by atoms with Crippen molar-refractivity contribution >= 4 is 40.3 Å². The Hall–Kier alpha value is -2.77. The molecule has 0 radical (unpaired) electrons. The van der Waals surface area contributed by atoms with Gasteiger partial charge in [-0.25, -0.2) is 14.8 Å². The molecule has 2 aromatic carbocycles. The van der Waals surface area contributed by atoms with E-state index >= 15 is 0 Å². The van der Waals surface area contributed by atoms with Crippen molar-refractivity contribution in [3.8, 4) is 11.3 Å². The summed E-state index contributed by atoms with van der Waals surface area (Å²) < 4.78 is 14.3. The van der Waals surface area contributed by atoms with Crippen LogP contribution in [0.4, 0.5) is 9.52 Å². The molecule has 1 aromatic heterocycles. The minimum atomic E-state index is -1.05. The van der Waals surface area contributed by atoms with Gasteiger partial charge >= 0.3 is 5.97 Å². The average Bonchev–Trinajstić information content (AvgIpc) is 3.02. The third-order valence-electron chi connectivity index (χ3n) is 3.54. The molecule has 0 atom stereocenters. The van der Waals surface area contributed by atoms with Gasteiger partial charge in [-0.1, -0.05) is 59.3 Å². The van der Waals surface area contributed by atoms with Crippen molar-refractivity contribution < 1.29 is 14.3 Å². The first kappa shape index (κ1) is 18.0. The lowest BCUT2D eigenvalue weighted by Gasteiger charge is -2.08. The second kappa shape index (κ2) is 7.63. The standard InChI is InChI=1S/C18H13ClFN3O2S/c1-23(21-10-11-6-2-3-7-12(11)17(24)25)18-22-15(16(20)26-18)13-8-4-5-9-14(13)19/h2-10H,1H3,(H,24,25)/b21-10+. The summed E-state index contributed by atoms with van der Waals surface area (Å²) in [6, 6.07) is 13.3. The zero-order valence-electron chi connectivity index (χ0n) is 13.6. The molecule has 8 heteroatoms. The number of carbonyl (C=O) groups is 1. The Morgan fingerprint density at radius 3 is 2.69 bits per heavy atom. The fourth-order valence-electron chi connectivity index (χ4n) is 2.25. The van der Waals surface area contributed by atoms with Gasteiger partial charge in [0.25, 0.3) is 0 Å². The van der Waals surface area contributed by atoms with Crippen molar-refractivity contribution in [3.05, 3.63) is 69.8 Å². The van der Waals surface area contributed by atoms with Crippen LogP contribution in [0, 0.1) is 5.13 Å². The van der Waals surface area contributed by atoms with E-state index in [4.69, 9.17) is 11.6 Å². The van der Waals surface area contributed by atoms with Gasteiger partial charge < -0.3 is 5.11 Å². The summed E-state index contributed by atoms with van der Waals surface area (Å²) in [6.45, 7) is 0. The molecular formula is C18H13ClFN3O2S. The summed E-state index contributed by atoms with van der Waals surface area (Å²) in [7, 11) is 1.61. The van der Waals surface area contributed by atoms with Crippen molar-refractivity contribution in [3.63, 3.8) is 0 Å². The summed E-state index contributed by atoms with van der Waals surface area (Å²) in [5.41, 5.74) is 1.23. The number of rotatable bonds is 5. The maximum Gasteiger partial charge on any atom is 0.336 e. The van der Waals surface area contributed by atoms with Gasteiger partial charge in [0.15, 0.2) is 0 Å². The molecule has 0 aliphatic heterocycles. The highest BCUT2D eigenvalue weighted by Gasteiger charge is 2.17. The van der Waals surface area contributed by atoms with E-state index in [2.05, 4.69) is 10.1 Å². The molecule has 132 valence electrons. The van der Waals surface area contributed by atoms with Gasteiger partial charge in [0, 0.05) is 18.2 Å². The van der Waals surface area contributed by atoms with Crippen LogP contribution in [0.3, 0.4) is 0 Å². The number of hydrogen-bond donors (Lipinski definition) is 1. The minimum Gasteiger partial charge on any atom is -0.478 e. The van der Waals surface area contributed by atoms with Gasteiger partial charge in [-0.05, 0) is 12.1 Å². The van der Waals surface area contributed by atoms with Crippen LogP contribution >= 0.6 is 22.9 Å². The van der Waals surface area contributed by atoms with Crippen molar-refractivity contribution in [2.45, 2.75) is 0 Å². The molecule has 3 aromatic rings. The van der Waals surface area contributed by atoms with Crippen molar-refractivity contribution in [1.29, 1.82) is 0 Å². The number of anilines is 1. The predicted molar refractivity (Wildman–Crippen MR) is 102 cm³/mol. The number of hydrazone groups is 1. The van der Waals surface area contributed by atoms with Crippen LogP contribution in [0.15, 0.2) is 53.6 Å². The van der Waals surface area contributed by atoms with Crippen LogP contribution < -0.4 is 5.01 Å². The van der Waals surface area contributed by atoms with E-state index in [9.17, 15) is 14.3 Å². The molecule has 5 nitrogen and oxygen atoms in total. The molecular weight excluding hydrogens is 377 g/mol. The van der Waals surface area contributed by atoms with E-state index in [1.54, 1.807) is 49.5 Å². The molecule has 0 amide bonds. The number of halogens is 2. The number of carboxylic acid groups (broad SMARTS) is 1. The number of aromatic carboxylic acids is 1. The average molecular weight is 390 g/mol. The highest BCUT2D eigenvalue weighted by Crippen LogP contribution is 2.34. The molecule has 0 fully saturated rings. The molecule has 1 heterocycles. The van der Waals surface area contributed by atoms with Gasteiger partial charge in [-0.15, -0.1) is 0 Å². The Morgan fingerprint density at radius 1 is 1.27 bits per heavy atom. The van der Waals surface area contributed by atoms with Crippen molar-refractivity contribution in [2.75, 3.05) is 12.1 Å². The van der Waals surface area contributed by atoms with Gasteiger partial charge in [0.2, 0.25) is 10.3 Å². The predicted octanol–water partition coefficient (Wildman–Crippen LogP) is 4.77. The highest BCUT2D eigenvalue weighted by atomic mass is 35.5. The molecule has 0 saturated heterocycles. The third kappa shape index (κ3) is 3.74. The summed E-state index contributed by atoms with van der Waals surface area (Å²) in [6.07, 6.45) is 1.40. The first-order valence-electron chi connectivity index (χ1n) is 7.48. The fourth-order valence-corrected chi connectivity index (χ4v) is 3.21. The van der Waals surface area contributed by atoms with Crippen LogP contribution in [-0.2, 0) is 0 Å². The lowest BCUT2D eigenvalue weighted by atomic mass is 10.1. The first-order valence-corrected chi connectivity index (χ1v) is 8.68. The number of carboxylic acids is 1. The lowest BCUT2D eigenvalue weighted by molar-refractivity contribution is 0.0696. The van der Waals surface area contributed by atoms with Crippen LogP contribution in [0.5, 0.6) is 0 Å². The molecule has 0 saturated carbocycles. The summed E-state index contributed by atoms with van der Waals surface area (Å²) >= 11 is 6.94. The number of aromatic nitrogens is 1. The maximum atomic E-state index is 14.3. The second-order valence-electron chi connectivity index (χ2n) is 5.26. The largest absolute Gasteiger partial charge is 0.478 e. The van der Waals surface area contributed by atoms with E-state index < -0.39 is 11.1 Å². The molecule has 0 aliphatic rings. The van der Waals surface area contributed by atoms with E-state index in [1.165, 1.54) is 17.3 Å². The molecule has 0 unspecified atom stereocenters. The Balaban J connectivity index is 1.88. The van der Waals surface area contributed by atoms with Crippen LogP contribution in [-0.4, -0.2) is 29.3 Å². The van der Waals surface area contributed by atoms with Crippen molar-refractivity contribution in [2.24, 2.45) is 5.10 Å². The Bertz CT molecular complexity index is 990. The van der Waals surface area contributed by atoms with E-state index in [-0.39, 0.29) is 11.3 Å². The maximum absolute atomic E-state index is 14.3. The highest BCUT2D eigenvalue weighted by molar-refractivity contribution is 7.14. The topological polar surface area (TPSA) is 65.8 Å². The van der Waals surface area contributed by atoms with E-state index in [1.807, 2.05) is 0 Å². The SMILES string of the molecule is CN(/N=C/c1ccccc1C(=O)O)c1nc(-c2ccccc2Cl)c(F)s1. The second-order valence-corrected chi connectivity index (χ2v) is 6.59. The normalized spacial score (nSPS) is 11.0. The van der Waals surface area contributed by atoms with Crippen molar-refractivity contribution in [1.82, 2.24) is 4.98 Å². The third-order valence-corrected chi connectivity index (χ3v) is 4.78. The first-order chi connectivity index (χ1) is 12.5. The molecule has 1 N–H and O–H groups in total. The molecule has 26 heavy (non-hydrogen) atoms. The quantitative estimate of drug-likeness (QED) is 0.504. The number of hydrogen-bond acceptors (Lipinski definition) is 5. The Morgan fingerprint density at radius 2 is 1.96 bits per heavy atom. The Labute approximate surface area is 158 Å². The van der Waals surface area contributed by atoms with E-state index in [0.29, 0.717) is 21.3 Å². The fraction of sp³-hybridized carbons (Fsp3) is 0.0556. The van der Waals surface area contributed by atoms with Gasteiger partial charge in [0.05, 0.1) is 16.8 Å². The minimum absolute atomic E-state index is 0.131. The zero-order chi connectivity index (χ0) is 18.7. The number of thiazole rings is 1. The smallest absolute Gasteiger partial charge is 0.336 e. The summed E-state index contributed by atoms with van der Waals surface area (Å²) in [5, 5.41) is 15.0. The zero-order valence-corrected chi connectivity index (χ0v) is 15.1. The van der Waals surface area contributed by atoms with E-state index in [0.717, 1.165) is 11.3 Å². The van der Waals surface area contributed by atoms with Crippen LogP contribution in [0.1, 0.15) is 15.9 Å². The Kier molecular flexibility index (Phi) is 5.29. The van der Waals surface area contributed by atoms with Crippen LogP contribution in [0.2, 0.25) is 5.02 Å². The molecule has 3 rings (SSSR count). The van der Waals surface area contributed by atoms with Gasteiger partial charge in [-0.3, -0.25) is 0 Å². The lowest BCUT2D eigenvalue weighted by Crippen LogP contribution is -2.09. The number of nitrogens with zero attached hydrogens (tertiary/aromatic N) is 3. The van der Waals surface area contributed by atoms with Crippen LogP contribution in [0.25, 0.3) is 11.3 Å². The molecule has 0 bridgehead atoms.